The van der Waals surface area contributed by atoms with Crippen molar-refractivity contribution >= 4 is 21.4 Å². The second-order valence-electron chi connectivity index (χ2n) is 6.91. The summed E-state index contributed by atoms with van der Waals surface area (Å²) >= 11 is 0. The number of hydrogen-bond acceptors (Lipinski definition) is 6. The topological polar surface area (TPSA) is 95.8 Å². The van der Waals surface area contributed by atoms with Crippen molar-refractivity contribution in [3.63, 3.8) is 0 Å². The van der Waals surface area contributed by atoms with Gasteiger partial charge in [-0.15, -0.1) is 0 Å². The molecule has 1 atom stereocenters. The van der Waals surface area contributed by atoms with Gasteiger partial charge < -0.3 is 10.2 Å². The van der Waals surface area contributed by atoms with Crippen molar-refractivity contribution in [2.75, 3.05) is 38.5 Å². The number of piperazine rings is 1. The van der Waals surface area contributed by atoms with E-state index in [2.05, 4.69) is 10.2 Å². The van der Waals surface area contributed by atoms with Crippen LogP contribution in [-0.2, 0) is 10.0 Å². The first-order valence-electron chi connectivity index (χ1n) is 8.52. The van der Waals surface area contributed by atoms with Gasteiger partial charge in [0.1, 0.15) is 5.69 Å². The number of benzene rings is 1. The first-order chi connectivity index (χ1) is 11.8. The summed E-state index contributed by atoms with van der Waals surface area (Å²) in [5.74, 6) is 0.536. The number of nitrogens with zero attached hydrogens (tertiary/aromatic N) is 3. The number of nitro groups is 1. The zero-order valence-corrected chi connectivity index (χ0v) is 15.3. The quantitative estimate of drug-likeness (QED) is 0.607. The molecule has 1 saturated heterocycles. The van der Waals surface area contributed by atoms with Gasteiger partial charge in [-0.1, -0.05) is 0 Å². The van der Waals surface area contributed by atoms with Gasteiger partial charge in [-0.3, -0.25) is 10.1 Å². The summed E-state index contributed by atoms with van der Waals surface area (Å²) in [7, 11) is -1.78. The molecule has 9 heteroatoms. The molecule has 1 saturated carbocycles. The molecule has 0 radical (unpaired) electrons. The van der Waals surface area contributed by atoms with E-state index >= 15 is 0 Å². The van der Waals surface area contributed by atoms with Crippen LogP contribution in [0, 0.1) is 16.0 Å². The minimum Gasteiger partial charge on any atom is -0.377 e. The molecule has 2 aliphatic rings. The molecule has 1 aromatic carbocycles. The molecule has 0 amide bonds. The number of nitrogens with one attached hydrogen (secondary N) is 1. The van der Waals surface area contributed by atoms with Crippen molar-refractivity contribution in [1.29, 1.82) is 0 Å². The molecule has 3 rings (SSSR count). The molecule has 1 aromatic rings. The largest absolute Gasteiger partial charge is 0.377 e. The number of hydrogen-bond donors (Lipinski definition) is 1. The van der Waals surface area contributed by atoms with E-state index in [9.17, 15) is 18.5 Å². The summed E-state index contributed by atoms with van der Waals surface area (Å²) in [6, 6.07) is 4.29. The fraction of sp³-hybridized carbons (Fsp3) is 0.625. The Balaban J connectivity index is 1.86. The van der Waals surface area contributed by atoms with Crippen LogP contribution in [0.4, 0.5) is 11.4 Å². The molecule has 8 nitrogen and oxygen atoms in total. The van der Waals surface area contributed by atoms with Crippen LogP contribution in [0.3, 0.4) is 0 Å². The highest BCUT2D eigenvalue weighted by molar-refractivity contribution is 7.89. The van der Waals surface area contributed by atoms with Crippen molar-refractivity contribution < 1.29 is 13.3 Å². The van der Waals surface area contributed by atoms with Crippen LogP contribution in [0.5, 0.6) is 0 Å². The smallest absolute Gasteiger partial charge is 0.293 e. The Morgan fingerprint density at radius 2 is 1.88 bits per heavy atom. The monoisotopic (exact) mass is 368 g/mol. The third-order valence-corrected chi connectivity index (χ3v) is 6.87. The average Bonchev–Trinajstić information content (AvgIpc) is 3.40. The predicted molar refractivity (Wildman–Crippen MR) is 95.2 cm³/mol. The molecule has 1 aliphatic heterocycles. The summed E-state index contributed by atoms with van der Waals surface area (Å²) < 4.78 is 27.0. The predicted octanol–water partition coefficient (Wildman–Crippen LogP) is 1.74. The molecule has 1 heterocycles. The lowest BCUT2D eigenvalue weighted by molar-refractivity contribution is -0.384. The lowest BCUT2D eigenvalue weighted by Crippen LogP contribution is -2.47. The Morgan fingerprint density at radius 3 is 2.44 bits per heavy atom. The first-order valence-corrected chi connectivity index (χ1v) is 9.96. The number of rotatable bonds is 6. The Bertz CT molecular complexity index is 755. The van der Waals surface area contributed by atoms with Gasteiger partial charge in [-0.05, 0) is 44.9 Å². The Kier molecular flexibility index (Phi) is 4.99. The summed E-state index contributed by atoms with van der Waals surface area (Å²) in [5, 5.41) is 14.6. The minimum absolute atomic E-state index is 0.0200. The molecule has 25 heavy (non-hydrogen) atoms. The molecule has 0 spiro atoms. The second-order valence-corrected chi connectivity index (χ2v) is 8.85. The number of sulfonamides is 1. The molecule has 0 unspecified atom stereocenters. The van der Waals surface area contributed by atoms with Crippen LogP contribution >= 0.6 is 0 Å². The van der Waals surface area contributed by atoms with Crippen LogP contribution in [0.15, 0.2) is 23.1 Å². The lowest BCUT2D eigenvalue weighted by Gasteiger charge is -2.31. The molecule has 138 valence electrons. The third-order valence-electron chi connectivity index (χ3n) is 4.98. The lowest BCUT2D eigenvalue weighted by atomic mass is 10.2. The summed E-state index contributed by atoms with van der Waals surface area (Å²) in [5.41, 5.74) is 0.185. The van der Waals surface area contributed by atoms with E-state index in [1.54, 1.807) is 0 Å². The highest BCUT2D eigenvalue weighted by Gasteiger charge is 2.32. The fourth-order valence-electron chi connectivity index (χ4n) is 3.08. The normalized spacial score (nSPS) is 21.0. The highest BCUT2D eigenvalue weighted by atomic mass is 32.2. The van der Waals surface area contributed by atoms with Crippen molar-refractivity contribution in [1.82, 2.24) is 9.21 Å². The minimum atomic E-state index is -3.72. The van der Waals surface area contributed by atoms with Crippen LogP contribution < -0.4 is 5.32 Å². The third kappa shape index (κ3) is 3.94. The molecule has 0 bridgehead atoms. The van der Waals surface area contributed by atoms with E-state index in [-0.39, 0.29) is 16.6 Å². The molecular weight excluding hydrogens is 344 g/mol. The fourth-order valence-corrected chi connectivity index (χ4v) is 4.52. The molecular formula is C16H24N4O4S. The van der Waals surface area contributed by atoms with E-state index in [0.29, 0.717) is 37.8 Å². The van der Waals surface area contributed by atoms with Crippen LogP contribution in [0.2, 0.25) is 0 Å². The van der Waals surface area contributed by atoms with Crippen molar-refractivity contribution in [2.45, 2.75) is 30.7 Å². The van der Waals surface area contributed by atoms with E-state index < -0.39 is 14.9 Å². The maximum Gasteiger partial charge on any atom is 0.293 e. The molecule has 0 aromatic heterocycles. The van der Waals surface area contributed by atoms with Gasteiger partial charge in [0, 0.05) is 38.3 Å². The van der Waals surface area contributed by atoms with E-state index in [1.807, 2.05) is 14.0 Å². The summed E-state index contributed by atoms with van der Waals surface area (Å²) in [6.45, 7) is 4.09. The number of likely N-dealkylation sites (N-methyl/N-ethyl adjacent to an activating group) is 1. The van der Waals surface area contributed by atoms with Gasteiger partial charge in [-0.2, -0.15) is 4.31 Å². The number of anilines is 1. The number of nitro benzene ring substituents is 1. The second kappa shape index (κ2) is 6.89. The van der Waals surface area contributed by atoms with Crippen molar-refractivity contribution in [3.05, 3.63) is 28.3 Å². The van der Waals surface area contributed by atoms with Gasteiger partial charge in [0.2, 0.25) is 10.0 Å². The Labute approximate surface area is 148 Å². The first kappa shape index (κ1) is 18.1. The Morgan fingerprint density at radius 1 is 1.24 bits per heavy atom. The molecule has 1 N–H and O–H groups in total. The van der Waals surface area contributed by atoms with Gasteiger partial charge in [0.15, 0.2) is 0 Å². The zero-order valence-electron chi connectivity index (χ0n) is 14.5. The van der Waals surface area contributed by atoms with Crippen LogP contribution in [0.25, 0.3) is 0 Å². The van der Waals surface area contributed by atoms with Crippen LogP contribution in [-0.4, -0.2) is 61.8 Å². The zero-order chi connectivity index (χ0) is 18.2. The average molecular weight is 368 g/mol. The Hall–Kier alpha value is -1.71. The van der Waals surface area contributed by atoms with Gasteiger partial charge in [0.25, 0.3) is 5.69 Å². The molecule has 2 fully saturated rings. The van der Waals surface area contributed by atoms with Gasteiger partial charge in [0.05, 0.1) is 9.82 Å². The maximum absolute atomic E-state index is 12.8. The maximum atomic E-state index is 12.8. The van der Waals surface area contributed by atoms with Crippen molar-refractivity contribution in [2.24, 2.45) is 5.92 Å². The SMILES string of the molecule is C[C@@H](Nc1ccc(S(=O)(=O)N2CCN(C)CC2)cc1[N+](=O)[O-])C1CC1. The van der Waals surface area contributed by atoms with Crippen LogP contribution in [0.1, 0.15) is 19.8 Å². The summed E-state index contributed by atoms with van der Waals surface area (Å²) in [6.07, 6.45) is 2.25. The van der Waals surface area contributed by atoms with E-state index in [4.69, 9.17) is 0 Å². The van der Waals surface area contributed by atoms with Crippen molar-refractivity contribution in [3.8, 4) is 0 Å². The molecule has 1 aliphatic carbocycles. The van der Waals surface area contributed by atoms with Gasteiger partial charge >= 0.3 is 0 Å². The highest BCUT2D eigenvalue weighted by Crippen LogP contribution is 2.36. The van der Waals surface area contributed by atoms with Gasteiger partial charge in [-0.25, -0.2) is 8.42 Å². The van der Waals surface area contributed by atoms with E-state index in [0.717, 1.165) is 12.8 Å². The van der Waals surface area contributed by atoms with E-state index in [1.165, 1.54) is 22.5 Å². The standard InChI is InChI=1S/C16H24N4O4S/c1-12(13-3-4-13)17-15-6-5-14(11-16(15)20(21)22)25(23,24)19-9-7-18(2)8-10-19/h5-6,11-13,17H,3-4,7-10H2,1-2H3/t12-/m1/s1. The summed E-state index contributed by atoms with van der Waals surface area (Å²) in [4.78, 5) is 13.0.